The van der Waals surface area contributed by atoms with Crippen molar-refractivity contribution in [3.8, 4) is 11.5 Å². The fourth-order valence-corrected chi connectivity index (χ4v) is 2.13. The molecule has 0 radical (unpaired) electrons. The van der Waals surface area contributed by atoms with E-state index in [2.05, 4.69) is 30.1 Å². The number of hydrogen-bond donors (Lipinski definition) is 1. The van der Waals surface area contributed by atoms with E-state index < -0.39 is 0 Å². The monoisotopic (exact) mass is 243 g/mol. The fourth-order valence-electron chi connectivity index (χ4n) is 2.13. The minimum atomic E-state index is -0.0763. The van der Waals surface area contributed by atoms with Crippen LogP contribution in [0.2, 0.25) is 0 Å². The highest BCUT2D eigenvalue weighted by Gasteiger charge is 2.32. The molecule has 0 aliphatic heterocycles. The van der Waals surface area contributed by atoms with E-state index in [0.717, 1.165) is 5.56 Å². The zero-order valence-corrected chi connectivity index (χ0v) is 10.7. The molecule has 1 saturated carbocycles. The highest BCUT2D eigenvalue weighted by Crippen LogP contribution is 2.38. The molecule has 4 nitrogen and oxygen atoms in total. The van der Waals surface area contributed by atoms with Crippen molar-refractivity contribution in [3.63, 3.8) is 0 Å². The van der Waals surface area contributed by atoms with Crippen LogP contribution in [-0.2, 0) is 0 Å². The normalized spacial score (nSPS) is 16.8. The van der Waals surface area contributed by atoms with Gasteiger partial charge in [0.05, 0.1) is 6.04 Å². The van der Waals surface area contributed by atoms with Crippen molar-refractivity contribution in [2.24, 2.45) is 11.7 Å². The molecule has 0 amide bonds. The number of benzene rings is 1. The van der Waals surface area contributed by atoms with Crippen molar-refractivity contribution >= 4 is 0 Å². The summed E-state index contributed by atoms with van der Waals surface area (Å²) < 4.78 is 5.34. The Kier molecular flexibility index (Phi) is 2.67. The SMILES string of the molecule is Cc1cccc(-c2nc(C(N)C3CC3)no2)c1C. The summed E-state index contributed by atoms with van der Waals surface area (Å²) in [5, 5.41) is 4.01. The zero-order valence-electron chi connectivity index (χ0n) is 10.7. The van der Waals surface area contributed by atoms with Gasteiger partial charge in [0.15, 0.2) is 5.82 Å². The Morgan fingerprint density at radius 2 is 2.11 bits per heavy atom. The Balaban J connectivity index is 1.94. The van der Waals surface area contributed by atoms with Crippen LogP contribution in [0.4, 0.5) is 0 Å². The van der Waals surface area contributed by atoms with Crippen LogP contribution in [0.3, 0.4) is 0 Å². The molecule has 1 heterocycles. The molecule has 0 spiro atoms. The van der Waals surface area contributed by atoms with E-state index in [1.54, 1.807) is 0 Å². The number of aryl methyl sites for hydroxylation is 1. The lowest BCUT2D eigenvalue weighted by atomic mass is 10.0. The van der Waals surface area contributed by atoms with Crippen LogP contribution < -0.4 is 5.73 Å². The van der Waals surface area contributed by atoms with Crippen molar-refractivity contribution < 1.29 is 4.52 Å². The van der Waals surface area contributed by atoms with Crippen LogP contribution >= 0.6 is 0 Å². The second-order valence-corrected chi connectivity index (χ2v) is 5.07. The van der Waals surface area contributed by atoms with E-state index in [1.165, 1.54) is 24.0 Å². The van der Waals surface area contributed by atoms with Gasteiger partial charge in [0, 0.05) is 5.56 Å². The molecule has 0 saturated heterocycles. The number of nitrogens with zero attached hydrogens (tertiary/aromatic N) is 2. The van der Waals surface area contributed by atoms with Crippen molar-refractivity contribution in [2.75, 3.05) is 0 Å². The minimum absolute atomic E-state index is 0.0763. The third-order valence-electron chi connectivity index (χ3n) is 3.70. The summed E-state index contributed by atoms with van der Waals surface area (Å²) in [5.41, 5.74) is 9.47. The predicted octanol–water partition coefficient (Wildman–Crippen LogP) is 2.76. The minimum Gasteiger partial charge on any atom is -0.334 e. The molecule has 1 aliphatic carbocycles. The van der Waals surface area contributed by atoms with Crippen molar-refractivity contribution in [2.45, 2.75) is 32.7 Å². The second-order valence-electron chi connectivity index (χ2n) is 5.07. The molecule has 1 atom stereocenters. The molecule has 1 unspecified atom stereocenters. The summed E-state index contributed by atoms with van der Waals surface area (Å²) in [4.78, 5) is 4.44. The molecule has 2 aromatic rings. The molecule has 2 N–H and O–H groups in total. The second kappa shape index (κ2) is 4.21. The molecule has 94 valence electrons. The lowest BCUT2D eigenvalue weighted by molar-refractivity contribution is 0.411. The van der Waals surface area contributed by atoms with Gasteiger partial charge in [-0.05, 0) is 49.8 Å². The highest BCUT2D eigenvalue weighted by molar-refractivity contribution is 5.60. The molecule has 1 fully saturated rings. The van der Waals surface area contributed by atoms with Crippen LogP contribution in [-0.4, -0.2) is 10.1 Å². The van der Waals surface area contributed by atoms with Gasteiger partial charge in [0.1, 0.15) is 0 Å². The average Bonchev–Trinajstić information content (AvgIpc) is 3.10. The molecular weight excluding hydrogens is 226 g/mol. The van der Waals surface area contributed by atoms with Crippen LogP contribution in [0.1, 0.15) is 35.8 Å². The highest BCUT2D eigenvalue weighted by atomic mass is 16.5. The number of hydrogen-bond acceptors (Lipinski definition) is 4. The first-order chi connectivity index (χ1) is 8.66. The van der Waals surface area contributed by atoms with Gasteiger partial charge >= 0.3 is 0 Å². The van der Waals surface area contributed by atoms with E-state index >= 15 is 0 Å². The third kappa shape index (κ3) is 1.93. The largest absolute Gasteiger partial charge is 0.334 e. The van der Waals surface area contributed by atoms with Crippen molar-refractivity contribution in [1.29, 1.82) is 0 Å². The summed E-state index contributed by atoms with van der Waals surface area (Å²) in [5.74, 6) is 1.74. The molecule has 18 heavy (non-hydrogen) atoms. The summed E-state index contributed by atoms with van der Waals surface area (Å²) in [6.07, 6.45) is 2.35. The van der Waals surface area contributed by atoms with Crippen LogP contribution in [0.15, 0.2) is 22.7 Å². The number of nitrogens with two attached hydrogens (primary N) is 1. The standard InChI is InChI=1S/C14H17N3O/c1-8-4-3-5-11(9(8)2)14-16-13(17-18-14)12(15)10-6-7-10/h3-5,10,12H,6-7,15H2,1-2H3. The van der Waals surface area contributed by atoms with Gasteiger partial charge in [-0.25, -0.2) is 0 Å². The number of aromatic nitrogens is 2. The Morgan fingerprint density at radius 3 is 2.83 bits per heavy atom. The maximum Gasteiger partial charge on any atom is 0.258 e. The van der Waals surface area contributed by atoms with Crippen LogP contribution in [0, 0.1) is 19.8 Å². The van der Waals surface area contributed by atoms with Gasteiger partial charge < -0.3 is 10.3 Å². The Morgan fingerprint density at radius 1 is 1.33 bits per heavy atom. The van der Waals surface area contributed by atoms with E-state index in [1.807, 2.05) is 12.1 Å². The van der Waals surface area contributed by atoms with Gasteiger partial charge in [-0.1, -0.05) is 17.3 Å². The zero-order chi connectivity index (χ0) is 12.7. The van der Waals surface area contributed by atoms with E-state index in [4.69, 9.17) is 10.3 Å². The lowest BCUT2D eigenvalue weighted by Crippen LogP contribution is -2.13. The first-order valence-electron chi connectivity index (χ1n) is 6.32. The Labute approximate surface area is 106 Å². The van der Waals surface area contributed by atoms with Crippen LogP contribution in [0.25, 0.3) is 11.5 Å². The maximum absolute atomic E-state index is 6.07. The first-order valence-corrected chi connectivity index (χ1v) is 6.32. The lowest BCUT2D eigenvalue weighted by Gasteiger charge is -2.04. The third-order valence-corrected chi connectivity index (χ3v) is 3.70. The topological polar surface area (TPSA) is 64.9 Å². The van der Waals surface area contributed by atoms with E-state index in [-0.39, 0.29) is 6.04 Å². The van der Waals surface area contributed by atoms with Gasteiger partial charge in [0.25, 0.3) is 5.89 Å². The van der Waals surface area contributed by atoms with E-state index in [0.29, 0.717) is 17.6 Å². The first kappa shape index (κ1) is 11.4. The summed E-state index contributed by atoms with van der Waals surface area (Å²) >= 11 is 0. The van der Waals surface area contributed by atoms with Crippen LogP contribution in [0.5, 0.6) is 0 Å². The Hall–Kier alpha value is -1.68. The predicted molar refractivity (Wildman–Crippen MR) is 68.9 cm³/mol. The molecule has 1 aromatic carbocycles. The molecule has 4 heteroatoms. The van der Waals surface area contributed by atoms with Crippen molar-refractivity contribution in [1.82, 2.24) is 10.1 Å². The fraction of sp³-hybridized carbons (Fsp3) is 0.429. The maximum atomic E-state index is 6.07. The summed E-state index contributed by atoms with van der Waals surface area (Å²) in [6.45, 7) is 4.14. The molecule has 1 aliphatic rings. The van der Waals surface area contributed by atoms with E-state index in [9.17, 15) is 0 Å². The number of rotatable bonds is 3. The van der Waals surface area contributed by atoms with Crippen molar-refractivity contribution in [3.05, 3.63) is 35.2 Å². The summed E-state index contributed by atoms with van der Waals surface area (Å²) in [6, 6.07) is 6.00. The van der Waals surface area contributed by atoms with Gasteiger partial charge in [-0.3, -0.25) is 0 Å². The summed E-state index contributed by atoms with van der Waals surface area (Å²) in [7, 11) is 0. The molecular formula is C14H17N3O. The molecule has 0 bridgehead atoms. The smallest absolute Gasteiger partial charge is 0.258 e. The van der Waals surface area contributed by atoms with Gasteiger partial charge in [-0.15, -0.1) is 0 Å². The average molecular weight is 243 g/mol. The Bertz CT molecular complexity index is 572. The molecule has 3 rings (SSSR count). The molecule has 1 aromatic heterocycles. The quantitative estimate of drug-likeness (QED) is 0.900. The van der Waals surface area contributed by atoms with Gasteiger partial charge in [0.2, 0.25) is 0 Å². The van der Waals surface area contributed by atoms with Gasteiger partial charge in [-0.2, -0.15) is 4.98 Å².